The van der Waals surface area contributed by atoms with Crippen LogP contribution in [0.5, 0.6) is 5.75 Å². The number of carbonyl (C=O) groups is 1. The lowest BCUT2D eigenvalue weighted by Gasteiger charge is -2.09. The largest absolute Gasteiger partial charge is 0.508 e. The van der Waals surface area contributed by atoms with Crippen molar-refractivity contribution in [2.45, 2.75) is 18.9 Å². The number of hydrogen-bond donors (Lipinski definition) is 3. The lowest BCUT2D eigenvalue weighted by atomic mass is 10.2. The minimum absolute atomic E-state index is 0.0312. The number of anilines is 1. The zero-order valence-electron chi connectivity index (χ0n) is 11.5. The van der Waals surface area contributed by atoms with E-state index in [0.29, 0.717) is 12.2 Å². The highest BCUT2D eigenvalue weighted by Crippen LogP contribution is 2.16. The van der Waals surface area contributed by atoms with Crippen LogP contribution in [0.25, 0.3) is 0 Å². The Bertz CT molecular complexity index is 572. The third kappa shape index (κ3) is 4.51. The smallest absolute Gasteiger partial charge is 0.267 e. The molecule has 1 amide bonds. The van der Waals surface area contributed by atoms with Gasteiger partial charge in [-0.2, -0.15) is 5.26 Å². The first-order valence-electron chi connectivity index (χ1n) is 6.74. The summed E-state index contributed by atoms with van der Waals surface area (Å²) in [4.78, 5) is 11.9. The molecule has 1 unspecified atom stereocenters. The van der Waals surface area contributed by atoms with E-state index in [1.165, 1.54) is 18.3 Å². The summed E-state index contributed by atoms with van der Waals surface area (Å²) in [7, 11) is 0. The molecule has 1 fully saturated rings. The first-order chi connectivity index (χ1) is 10.2. The third-order valence-corrected chi connectivity index (χ3v) is 3.09. The van der Waals surface area contributed by atoms with Crippen molar-refractivity contribution < 1.29 is 14.6 Å². The Balaban J connectivity index is 1.90. The van der Waals surface area contributed by atoms with Gasteiger partial charge < -0.3 is 20.5 Å². The van der Waals surface area contributed by atoms with Gasteiger partial charge in [-0.1, -0.05) is 6.07 Å². The average molecular weight is 287 g/mol. The van der Waals surface area contributed by atoms with E-state index in [2.05, 4.69) is 10.6 Å². The number of phenols is 1. The van der Waals surface area contributed by atoms with Gasteiger partial charge in [-0.15, -0.1) is 0 Å². The molecule has 6 heteroatoms. The van der Waals surface area contributed by atoms with Crippen LogP contribution in [0.2, 0.25) is 0 Å². The number of ether oxygens (including phenoxy) is 1. The zero-order valence-corrected chi connectivity index (χ0v) is 11.5. The molecule has 1 atom stereocenters. The van der Waals surface area contributed by atoms with Crippen molar-refractivity contribution in [2.75, 3.05) is 18.5 Å². The standard InChI is InChI=1S/C15H17N3O3/c16-8-11(9-17-10-14-5-2-6-21-14)15(20)18-12-3-1-4-13(19)7-12/h1,3-4,7,9,14,17,19H,2,5-6,10H2,(H,18,20)/b11-9-. The fourth-order valence-corrected chi connectivity index (χ4v) is 2.03. The molecule has 0 aliphatic carbocycles. The van der Waals surface area contributed by atoms with Gasteiger partial charge in [0.25, 0.3) is 5.91 Å². The summed E-state index contributed by atoms with van der Waals surface area (Å²) in [6.45, 7) is 1.34. The number of benzene rings is 1. The Labute approximate surface area is 123 Å². The second-order valence-electron chi connectivity index (χ2n) is 4.72. The molecule has 1 heterocycles. The highest BCUT2D eigenvalue weighted by atomic mass is 16.5. The van der Waals surface area contributed by atoms with Crippen LogP contribution in [-0.4, -0.2) is 30.3 Å². The SMILES string of the molecule is N#C/C(=C/NCC1CCCO1)C(=O)Nc1cccc(O)c1. The summed E-state index contributed by atoms with van der Waals surface area (Å²) < 4.78 is 5.43. The van der Waals surface area contributed by atoms with Gasteiger partial charge in [-0.05, 0) is 25.0 Å². The summed E-state index contributed by atoms with van der Waals surface area (Å²) >= 11 is 0. The summed E-state index contributed by atoms with van der Waals surface area (Å²) in [6, 6.07) is 7.99. The second-order valence-corrected chi connectivity index (χ2v) is 4.72. The van der Waals surface area contributed by atoms with E-state index in [4.69, 9.17) is 10.00 Å². The van der Waals surface area contributed by atoms with E-state index in [1.54, 1.807) is 12.1 Å². The van der Waals surface area contributed by atoms with E-state index in [0.717, 1.165) is 19.4 Å². The van der Waals surface area contributed by atoms with Gasteiger partial charge >= 0.3 is 0 Å². The molecule has 1 saturated heterocycles. The molecule has 0 radical (unpaired) electrons. The molecule has 0 spiro atoms. The topological polar surface area (TPSA) is 94.4 Å². The van der Waals surface area contributed by atoms with Crippen LogP contribution in [0.15, 0.2) is 36.0 Å². The number of phenolic OH excluding ortho intramolecular Hbond substituents is 1. The Morgan fingerprint density at radius 1 is 1.57 bits per heavy atom. The Morgan fingerprint density at radius 2 is 2.43 bits per heavy atom. The van der Waals surface area contributed by atoms with Crippen molar-refractivity contribution in [3.8, 4) is 11.8 Å². The first-order valence-corrected chi connectivity index (χ1v) is 6.74. The van der Waals surface area contributed by atoms with Crippen molar-refractivity contribution in [3.63, 3.8) is 0 Å². The minimum Gasteiger partial charge on any atom is -0.508 e. The maximum atomic E-state index is 11.9. The number of amides is 1. The summed E-state index contributed by atoms with van der Waals surface area (Å²) in [5.74, 6) is -0.477. The van der Waals surface area contributed by atoms with Gasteiger partial charge in [0.05, 0.1) is 6.10 Å². The molecule has 1 aromatic rings. The van der Waals surface area contributed by atoms with Crippen LogP contribution in [-0.2, 0) is 9.53 Å². The fraction of sp³-hybridized carbons (Fsp3) is 0.333. The van der Waals surface area contributed by atoms with Crippen molar-refractivity contribution >= 4 is 11.6 Å². The molecule has 6 nitrogen and oxygen atoms in total. The van der Waals surface area contributed by atoms with Crippen molar-refractivity contribution in [1.29, 1.82) is 5.26 Å². The number of nitrogens with zero attached hydrogens (tertiary/aromatic N) is 1. The Kier molecular flexibility index (Phi) is 5.18. The predicted octanol–water partition coefficient (Wildman–Crippen LogP) is 1.51. The highest BCUT2D eigenvalue weighted by molar-refractivity contribution is 6.06. The number of rotatable bonds is 5. The molecule has 1 aliphatic heterocycles. The van der Waals surface area contributed by atoms with E-state index < -0.39 is 5.91 Å². The number of carbonyl (C=O) groups excluding carboxylic acids is 1. The van der Waals surface area contributed by atoms with Gasteiger partial charge in [0.2, 0.25) is 0 Å². The van der Waals surface area contributed by atoms with Crippen molar-refractivity contribution in [1.82, 2.24) is 5.32 Å². The maximum absolute atomic E-state index is 11.9. The van der Waals surface area contributed by atoms with Crippen LogP contribution in [0, 0.1) is 11.3 Å². The van der Waals surface area contributed by atoms with Crippen molar-refractivity contribution in [2.24, 2.45) is 0 Å². The van der Waals surface area contributed by atoms with E-state index in [1.807, 2.05) is 6.07 Å². The predicted molar refractivity (Wildman–Crippen MR) is 77.4 cm³/mol. The second kappa shape index (κ2) is 7.31. The summed E-state index contributed by atoms with van der Waals surface area (Å²) in [5.41, 5.74) is 0.400. The van der Waals surface area contributed by atoms with Crippen LogP contribution in [0.3, 0.4) is 0 Å². The quantitative estimate of drug-likeness (QED) is 0.563. The molecule has 1 aliphatic rings. The van der Waals surface area contributed by atoms with Crippen LogP contribution in [0.4, 0.5) is 5.69 Å². The number of nitrogens with one attached hydrogen (secondary N) is 2. The summed E-state index contributed by atoms with van der Waals surface area (Å²) in [6.07, 6.45) is 3.55. The van der Waals surface area contributed by atoms with Crippen LogP contribution >= 0.6 is 0 Å². The molecule has 0 saturated carbocycles. The van der Waals surface area contributed by atoms with Gasteiger partial charge in [-0.25, -0.2) is 0 Å². The monoisotopic (exact) mass is 287 g/mol. The molecular formula is C15H17N3O3. The molecule has 2 rings (SSSR count). The fourth-order valence-electron chi connectivity index (χ4n) is 2.03. The van der Waals surface area contributed by atoms with Gasteiger partial charge in [-0.3, -0.25) is 4.79 Å². The normalized spacial score (nSPS) is 18.0. The molecule has 1 aromatic carbocycles. The molecular weight excluding hydrogens is 270 g/mol. The molecule has 110 valence electrons. The number of hydrogen-bond acceptors (Lipinski definition) is 5. The lowest BCUT2D eigenvalue weighted by Crippen LogP contribution is -2.24. The number of aromatic hydroxyl groups is 1. The molecule has 0 bridgehead atoms. The summed E-state index contributed by atoms with van der Waals surface area (Å²) in [5, 5.41) is 23.8. The maximum Gasteiger partial charge on any atom is 0.267 e. The zero-order chi connectivity index (χ0) is 15.1. The average Bonchev–Trinajstić information content (AvgIpc) is 2.96. The van der Waals surface area contributed by atoms with Crippen LogP contribution in [0.1, 0.15) is 12.8 Å². The molecule has 21 heavy (non-hydrogen) atoms. The molecule has 3 N–H and O–H groups in total. The third-order valence-electron chi connectivity index (χ3n) is 3.09. The van der Waals surface area contributed by atoms with Gasteiger partial charge in [0.15, 0.2) is 0 Å². The molecule has 0 aromatic heterocycles. The minimum atomic E-state index is -0.525. The van der Waals surface area contributed by atoms with E-state index >= 15 is 0 Å². The first kappa shape index (κ1) is 14.9. The lowest BCUT2D eigenvalue weighted by molar-refractivity contribution is -0.112. The van der Waals surface area contributed by atoms with Gasteiger partial charge in [0, 0.05) is 31.1 Å². The van der Waals surface area contributed by atoms with Crippen molar-refractivity contribution in [3.05, 3.63) is 36.0 Å². The Morgan fingerprint density at radius 3 is 3.10 bits per heavy atom. The Hall–Kier alpha value is -2.52. The van der Waals surface area contributed by atoms with Crippen LogP contribution < -0.4 is 10.6 Å². The highest BCUT2D eigenvalue weighted by Gasteiger charge is 2.15. The van der Waals surface area contributed by atoms with E-state index in [9.17, 15) is 9.90 Å². The van der Waals surface area contributed by atoms with Gasteiger partial charge in [0.1, 0.15) is 17.4 Å². The van der Waals surface area contributed by atoms with E-state index in [-0.39, 0.29) is 17.4 Å². The number of nitriles is 1.